The van der Waals surface area contributed by atoms with Crippen LogP contribution in [0.15, 0.2) is 79.4 Å². The molecule has 0 spiro atoms. The van der Waals surface area contributed by atoms with Crippen LogP contribution < -0.4 is 31.5 Å². The Morgan fingerprint density at radius 2 is 1.26 bits per heavy atom. The SMILES string of the molecule is Cc1cc(NCc2ccc(C(F)(F)F)nc2)ncc1-c1ccc(N)c2c1CN(c1cc(N(C)C)c3c(c1-c1cnc(NCc4ccc(C(F)(F)F)nc4)cc1C)CNC3=O)C2=O. The average molecular weight is 853 g/mol. The molecule has 0 unspecified atom stereocenters. The van der Waals surface area contributed by atoms with Crippen LogP contribution in [-0.2, 0) is 38.5 Å². The Hall–Kier alpha value is -7.24. The molecule has 18 heteroatoms. The summed E-state index contributed by atoms with van der Waals surface area (Å²) in [6.45, 7) is 4.43. The van der Waals surface area contributed by atoms with E-state index >= 15 is 0 Å². The molecule has 8 rings (SSSR count). The van der Waals surface area contributed by atoms with Crippen molar-refractivity contribution in [3.05, 3.63) is 135 Å². The maximum Gasteiger partial charge on any atom is 0.433 e. The molecule has 2 aromatic carbocycles. The number of hydrogen-bond acceptors (Lipinski definition) is 10. The van der Waals surface area contributed by atoms with Gasteiger partial charge in [0.1, 0.15) is 23.0 Å². The molecule has 0 saturated carbocycles. The van der Waals surface area contributed by atoms with Crippen molar-refractivity contribution < 1.29 is 35.9 Å². The fourth-order valence-corrected chi connectivity index (χ4v) is 7.78. The number of nitrogens with zero attached hydrogens (tertiary/aromatic N) is 6. The molecule has 2 aliphatic heterocycles. The highest BCUT2D eigenvalue weighted by molar-refractivity contribution is 6.17. The molecule has 2 aliphatic rings. The van der Waals surface area contributed by atoms with Crippen molar-refractivity contribution in [2.45, 2.75) is 52.4 Å². The molecule has 12 nitrogen and oxygen atoms in total. The molecule has 0 radical (unpaired) electrons. The van der Waals surface area contributed by atoms with E-state index in [4.69, 9.17) is 5.73 Å². The van der Waals surface area contributed by atoms with Gasteiger partial charge in [-0.3, -0.25) is 19.6 Å². The second-order valence-electron chi connectivity index (χ2n) is 15.2. The number of aromatic nitrogens is 4. The van der Waals surface area contributed by atoms with E-state index in [1.807, 2.05) is 51.0 Å². The molecule has 4 aromatic heterocycles. The Morgan fingerprint density at radius 1 is 0.694 bits per heavy atom. The minimum atomic E-state index is -4.55. The number of halogens is 6. The maximum absolute atomic E-state index is 14.7. The fourth-order valence-electron chi connectivity index (χ4n) is 7.78. The van der Waals surface area contributed by atoms with Crippen molar-refractivity contribution in [2.75, 3.05) is 40.3 Å². The monoisotopic (exact) mass is 852 g/mol. The number of anilines is 5. The van der Waals surface area contributed by atoms with Crippen LogP contribution in [0.3, 0.4) is 0 Å². The van der Waals surface area contributed by atoms with E-state index in [1.54, 1.807) is 29.4 Å². The zero-order valence-electron chi connectivity index (χ0n) is 33.7. The highest BCUT2D eigenvalue weighted by Gasteiger charge is 2.38. The topological polar surface area (TPSA) is 154 Å². The summed E-state index contributed by atoms with van der Waals surface area (Å²) in [6.07, 6.45) is -3.45. The summed E-state index contributed by atoms with van der Waals surface area (Å²) in [7, 11) is 3.63. The van der Waals surface area contributed by atoms with Crippen LogP contribution in [0.4, 0.5) is 55.0 Å². The van der Waals surface area contributed by atoms with Gasteiger partial charge in [0.05, 0.1) is 29.0 Å². The van der Waals surface area contributed by atoms with E-state index in [0.717, 1.165) is 46.8 Å². The van der Waals surface area contributed by atoms with Gasteiger partial charge >= 0.3 is 12.4 Å². The standard InChI is InChI=1S/C44H38F6N10O2/c1-22-11-36(54-16-24-5-9-34(52-14-24)43(45,46)47)56-18-27(22)26-7-8-31(51)39-30(26)21-60(42(39)62)33-13-32(59(3)4)40-29(20-58-41(40)61)38(33)28-19-57-37(12-23(28)2)55-17-25-6-10-35(53-15-25)44(48,49)50/h5-15,18-19H,16-17,20-21,51H2,1-4H3,(H,54,56)(H,55,57)(H,58,61). The van der Waals surface area contributed by atoms with E-state index in [-0.39, 0.29) is 43.7 Å². The summed E-state index contributed by atoms with van der Waals surface area (Å²) in [5, 5.41) is 9.21. The molecule has 6 aromatic rings. The van der Waals surface area contributed by atoms with Gasteiger partial charge in [-0.05, 0) is 89.2 Å². The van der Waals surface area contributed by atoms with Gasteiger partial charge in [-0.25, -0.2) is 9.97 Å². The first-order valence-electron chi connectivity index (χ1n) is 19.2. The van der Waals surface area contributed by atoms with Crippen LogP contribution in [0, 0.1) is 13.8 Å². The number of benzene rings is 2. The van der Waals surface area contributed by atoms with Gasteiger partial charge in [0.2, 0.25) is 0 Å². The summed E-state index contributed by atoms with van der Waals surface area (Å²) in [6, 6.07) is 13.5. The normalized spacial score (nSPS) is 13.5. The highest BCUT2D eigenvalue weighted by atomic mass is 19.4. The maximum atomic E-state index is 14.7. The van der Waals surface area contributed by atoms with Gasteiger partial charge in [-0.1, -0.05) is 18.2 Å². The van der Waals surface area contributed by atoms with Crippen molar-refractivity contribution in [2.24, 2.45) is 0 Å². The van der Waals surface area contributed by atoms with Crippen LogP contribution in [0.2, 0.25) is 0 Å². The Labute approximate surface area is 351 Å². The molecule has 0 saturated heterocycles. The van der Waals surface area contributed by atoms with Crippen LogP contribution in [0.1, 0.15) is 65.5 Å². The lowest BCUT2D eigenvalue weighted by atomic mass is 9.91. The van der Waals surface area contributed by atoms with Gasteiger partial charge in [0, 0.05) is 80.9 Å². The number of rotatable bonds is 10. The van der Waals surface area contributed by atoms with Crippen LogP contribution in [0.25, 0.3) is 22.3 Å². The Kier molecular flexibility index (Phi) is 10.5. The summed E-state index contributed by atoms with van der Waals surface area (Å²) in [5.74, 6) is 0.336. The first-order chi connectivity index (χ1) is 29.4. The van der Waals surface area contributed by atoms with Crippen molar-refractivity contribution in [1.82, 2.24) is 25.3 Å². The first kappa shape index (κ1) is 41.5. The third-order valence-corrected chi connectivity index (χ3v) is 10.9. The fraction of sp³-hybridized carbons (Fsp3) is 0.227. The first-order valence-corrected chi connectivity index (χ1v) is 19.2. The van der Waals surface area contributed by atoms with Crippen LogP contribution in [-0.4, -0.2) is 45.8 Å². The van der Waals surface area contributed by atoms with Gasteiger partial charge in [-0.15, -0.1) is 0 Å². The lowest BCUT2D eigenvalue weighted by Crippen LogP contribution is -2.26. The van der Waals surface area contributed by atoms with E-state index in [0.29, 0.717) is 67.5 Å². The highest BCUT2D eigenvalue weighted by Crippen LogP contribution is 2.47. The molecule has 6 heterocycles. The van der Waals surface area contributed by atoms with Crippen LogP contribution >= 0.6 is 0 Å². The predicted molar refractivity (Wildman–Crippen MR) is 222 cm³/mol. The third kappa shape index (κ3) is 7.78. The van der Waals surface area contributed by atoms with Gasteiger partial charge in [0.15, 0.2) is 0 Å². The third-order valence-electron chi connectivity index (χ3n) is 10.9. The number of nitrogen functional groups attached to an aromatic ring is 1. The van der Waals surface area contributed by atoms with Crippen molar-refractivity contribution in [3.8, 4) is 22.3 Å². The van der Waals surface area contributed by atoms with Crippen molar-refractivity contribution in [1.29, 1.82) is 0 Å². The predicted octanol–water partition coefficient (Wildman–Crippen LogP) is 8.53. The number of hydrogen-bond donors (Lipinski definition) is 4. The smallest absolute Gasteiger partial charge is 0.398 e. The number of fused-ring (bicyclic) bond motifs is 2. The Morgan fingerprint density at radius 3 is 1.76 bits per heavy atom. The number of carbonyl (C=O) groups excluding carboxylic acids is 2. The van der Waals surface area contributed by atoms with E-state index in [9.17, 15) is 35.9 Å². The molecule has 0 aliphatic carbocycles. The number of pyridine rings is 4. The van der Waals surface area contributed by atoms with Gasteiger partial charge in [-0.2, -0.15) is 26.3 Å². The molecule has 0 bridgehead atoms. The molecule has 0 atom stereocenters. The lowest BCUT2D eigenvalue weighted by Gasteiger charge is -2.27. The largest absolute Gasteiger partial charge is 0.433 e. The zero-order chi connectivity index (χ0) is 44.2. The molecule has 2 amide bonds. The minimum absolute atomic E-state index is 0.127. The summed E-state index contributed by atoms with van der Waals surface area (Å²) in [5.41, 5.74) is 13.6. The number of alkyl halides is 6. The number of aryl methyl sites for hydroxylation is 2. The second-order valence-corrected chi connectivity index (χ2v) is 15.2. The molecular formula is C44H38F6N10O2. The summed E-state index contributed by atoms with van der Waals surface area (Å²) >= 11 is 0. The van der Waals surface area contributed by atoms with Crippen molar-refractivity contribution in [3.63, 3.8) is 0 Å². The van der Waals surface area contributed by atoms with Crippen LogP contribution in [0.5, 0.6) is 0 Å². The van der Waals surface area contributed by atoms with E-state index in [1.165, 1.54) is 12.1 Å². The number of nitrogens with one attached hydrogen (secondary N) is 3. The van der Waals surface area contributed by atoms with E-state index in [2.05, 4.69) is 35.9 Å². The van der Waals surface area contributed by atoms with E-state index < -0.39 is 23.7 Å². The van der Waals surface area contributed by atoms with Gasteiger partial charge in [0.25, 0.3) is 11.8 Å². The second kappa shape index (κ2) is 15.7. The van der Waals surface area contributed by atoms with Crippen molar-refractivity contribution >= 4 is 40.5 Å². The quantitative estimate of drug-likeness (QED) is 0.0779. The zero-order valence-corrected chi connectivity index (χ0v) is 33.7. The summed E-state index contributed by atoms with van der Waals surface area (Å²) < 4.78 is 78.1. The average Bonchev–Trinajstić information content (AvgIpc) is 3.79. The molecule has 5 N–H and O–H groups in total. The Balaban J connectivity index is 1.12. The van der Waals surface area contributed by atoms with Gasteiger partial charge < -0.3 is 31.5 Å². The molecule has 318 valence electrons. The number of carbonyl (C=O) groups is 2. The minimum Gasteiger partial charge on any atom is -0.398 e. The molecule has 62 heavy (non-hydrogen) atoms. The Bertz CT molecular complexity index is 2760. The molecule has 0 fully saturated rings. The molecular weight excluding hydrogens is 815 g/mol. The number of amides is 2. The summed E-state index contributed by atoms with van der Waals surface area (Å²) in [4.78, 5) is 47.8. The lowest BCUT2D eigenvalue weighted by molar-refractivity contribution is -0.142. The number of nitrogens with two attached hydrogens (primary N) is 1.